The minimum absolute atomic E-state index is 0.00948. The van der Waals surface area contributed by atoms with Gasteiger partial charge in [0.05, 0.1) is 5.92 Å². The molecule has 26 heavy (non-hydrogen) atoms. The maximum Gasteiger partial charge on any atom is 0.229 e. The first kappa shape index (κ1) is 18.2. The summed E-state index contributed by atoms with van der Waals surface area (Å²) in [5.74, 6) is -0.378. The third-order valence-electron chi connectivity index (χ3n) is 5.06. The highest BCUT2D eigenvalue weighted by molar-refractivity contribution is 6.04. The summed E-state index contributed by atoms with van der Waals surface area (Å²) in [6.07, 6.45) is 1.99. The van der Waals surface area contributed by atoms with E-state index in [2.05, 4.69) is 19.2 Å². The van der Waals surface area contributed by atoms with E-state index in [9.17, 15) is 9.59 Å². The van der Waals surface area contributed by atoms with E-state index in [-0.39, 0.29) is 24.2 Å². The SMILES string of the molecule is CCc1cccc(CC)c1NC(=O)[C@@H]1CC(=O)N(c2cccc(C)c2)C1. The fraction of sp³-hybridized carbons (Fsp3) is 0.364. The number of para-hydroxylation sites is 1. The summed E-state index contributed by atoms with van der Waals surface area (Å²) in [7, 11) is 0. The third-order valence-corrected chi connectivity index (χ3v) is 5.06. The normalized spacial score (nSPS) is 16.8. The number of rotatable bonds is 5. The molecule has 2 aromatic carbocycles. The first-order valence-electron chi connectivity index (χ1n) is 9.32. The topological polar surface area (TPSA) is 49.4 Å². The lowest BCUT2D eigenvalue weighted by Gasteiger charge is -2.18. The van der Waals surface area contributed by atoms with E-state index in [4.69, 9.17) is 0 Å². The van der Waals surface area contributed by atoms with E-state index in [1.165, 1.54) is 0 Å². The van der Waals surface area contributed by atoms with Crippen molar-refractivity contribution in [2.24, 2.45) is 5.92 Å². The summed E-state index contributed by atoms with van der Waals surface area (Å²) >= 11 is 0. The van der Waals surface area contributed by atoms with E-state index < -0.39 is 0 Å². The second-order valence-corrected chi connectivity index (χ2v) is 6.89. The number of hydrogen-bond donors (Lipinski definition) is 1. The monoisotopic (exact) mass is 350 g/mol. The van der Waals surface area contributed by atoms with Gasteiger partial charge in [-0.15, -0.1) is 0 Å². The average Bonchev–Trinajstić information content (AvgIpc) is 3.03. The van der Waals surface area contributed by atoms with Gasteiger partial charge in [-0.3, -0.25) is 9.59 Å². The van der Waals surface area contributed by atoms with Crippen molar-refractivity contribution in [2.75, 3.05) is 16.8 Å². The number of carbonyl (C=O) groups is 2. The molecule has 0 unspecified atom stereocenters. The summed E-state index contributed by atoms with van der Waals surface area (Å²) in [6, 6.07) is 14.0. The standard InChI is InChI=1S/C22H26N2O2/c1-4-16-9-7-10-17(5-2)21(16)23-22(26)18-13-20(25)24(14-18)19-11-6-8-15(3)12-19/h6-12,18H,4-5,13-14H2,1-3H3,(H,23,26)/t18-/m1/s1. The van der Waals surface area contributed by atoms with Crippen LogP contribution in [0.3, 0.4) is 0 Å². The molecular weight excluding hydrogens is 324 g/mol. The molecule has 1 saturated heterocycles. The first-order valence-corrected chi connectivity index (χ1v) is 9.32. The molecule has 4 heteroatoms. The molecule has 4 nitrogen and oxygen atoms in total. The molecule has 0 spiro atoms. The third kappa shape index (κ3) is 3.64. The number of aryl methyl sites for hydroxylation is 3. The molecule has 2 aromatic rings. The lowest BCUT2D eigenvalue weighted by atomic mass is 10.0. The van der Waals surface area contributed by atoms with Crippen molar-refractivity contribution < 1.29 is 9.59 Å². The van der Waals surface area contributed by atoms with Gasteiger partial charge in [-0.1, -0.05) is 44.2 Å². The van der Waals surface area contributed by atoms with Gasteiger partial charge in [-0.05, 0) is 48.6 Å². The Hall–Kier alpha value is -2.62. The maximum absolute atomic E-state index is 12.9. The Morgan fingerprint density at radius 2 is 1.77 bits per heavy atom. The van der Waals surface area contributed by atoms with Crippen molar-refractivity contribution in [1.29, 1.82) is 0 Å². The van der Waals surface area contributed by atoms with Crippen LogP contribution in [0, 0.1) is 12.8 Å². The minimum Gasteiger partial charge on any atom is -0.325 e. The highest BCUT2D eigenvalue weighted by Gasteiger charge is 2.35. The largest absolute Gasteiger partial charge is 0.325 e. The predicted octanol–water partition coefficient (Wildman–Crippen LogP) is 4.11. The molecule has 0 radical (unpaired) electrons. The Kier molecular flexibility index (Phi) is 5.40. The molecule has 0 saturated carbocycles. The summed E-state index contributed by atoms with van der Waals surface area (Å²) in [6.45, 7) is 6.61. The van der Waals surface area contributed by atoms with E-state index in [1.807, 2.05) is 49.4 Å². The van der Waals surface area contributed by atoms with Crippen LogP contribution in [0.1, 0.15) is 37.0 Å². The minimum atomic E-state index is -0.322. The zero-order valence-electron chi connectivity index (χ0n) is 15.7. The first-order chi connectivity index (χ1) is 12.5. The van der Waals surface area contributed by atoms with Crippen molar-refractivity contribution in [3.63, 3.8) is 0 Å². The zero-order valence-corrected chi connectivity index (χ0v) is 15.7. The molecule has 1 heterocycles. The molecule has 1 atom stereocenters. The Morgan fingerprint density at radius 1 is 1.12 bits per heavy atom. The summed E-state index contributed by atoms with van der Waals surface area (Å²) in [5, 5.41) is 3.11. The van der Waals surface area contributed by atoms with Crippen LogP contribution < -0.4 is 10.2 Å². The molecule has 0 aliphatic carbocycles. The number of nitrogens with zero attached hydrogens (tertiary/aromatic N) is 1. The van der Waals surface area contributed by atoms with Crippen LogP contribution in [0.2, 0.25) is 0 Å². The summed E-state index contributed by atoms with van der Waals surface area (Å²) < 4.78 is 0. The number of carbonyl (C=O) groups excluding carboxylic acids is 2. The lowest BCUT2D eigenvalue weighted by Crippen LogP contribution is -2.28. The Morgan fingerprint density at radius 3 is 2.38 bits per heavy atom. The number of anilines is 2. The fourth-order valence-electron chi connectivity index (χ4n) is 3.56. The number of nitrogens with one attached hydrogen (secondary N) is 1. The molecule has 136 valence electrons. The molecule has 3 rings (SSSR count). The number of benzene rings is 2. The molecule has 2 amide bonds. The van der Waals surface area contributed by atoms with Crippen molar-refractivity contribution in [3.8, 4) is 0 Å². The molecule has 1 fully saturated rings. The van der Waals surface area contributed by atoms with Gasteiger partial charge in [0.15, 0.2) is 0 Å². The van der Waals surface area contributed by atoms with Gasteiger partial charge in [0.1, 0.15) is 0 Å². The molecule has 0 aromatic heterocycles. The smallest absolute Gasteiger partial charge is 0.229 e. The van der Waals surface area contributed by atoms with Crippen molar-refractivity contribution >= 4 is 23.2 Å². The van der Waals surface area contributed by atoms with Crippen molar-refractivity contribution in [3.05, 3.63) is 59.2 Å². The van der Waals surface area contributed by atoms with Gasteiger partial charge >= 0.3 is 0 Å². The number of amides is 2. The van der Waals surface area contributed by atoms with Crippen LogP contribution in [0.5, 0.6) is 0 Å². The molecular formula is C22H26N2O2. The second kappa shape index (κ2) is 7.73. The van der Waals surface area contributed by atoms with E-state index in [0.29, 0.717) is 6.54 Å². The van der Waals surface area contributed by atoms with E-state index in [1.54, 1.807) is 4.90 Å². The molecule has 1 aliphatic rings. The Labute approximate surface area is 155 Å². The summed E-state index contributed by atoms with van der Waals surface area (Å²) in [5.41, 5.74) is 5.17. The van der Waals surface area contributed by atoms with Crippen molar-refractivity contribution in [1.82, 2.24) is 0 Å². The van der Waals surface area contributed by atoms with Crippen LogP contribution in [0.25, 0.3) is 0 Å². The van der Waals surface area contributed by atoms with Gasteiger partial charge < -0.3 is 10.2 Å². The Bertz CT molecular complexity index is 806. The van der Waals surface area contributed by atoms with E-state index >= 15 is 0 Å². The highest BCUT2D eigenvalue weighted by Crippen LogP contribution is 2.28. The maximum atomic E-state index is 12.9. The van der Waals surface area contributed by atoms with Crippen LogP contribution in [-0.2, 0) is 22.4 Å². The molecule has 1 N–H and O–H groups in total. The fourth-order valence-corrected chi connectivity index (χ4v) is 3.56. The Balaban J connectivity index is 1.77. The average molecular weight is 350 g/mol. The van der Waals surface area contributed by atoms with Crippen LogP contribution in [0.4, 0.5) is 11.4 Å². The van der Waals surface area contributed by atoms with Crippen LogP contribution >= 0.6 is 0 Å². The highest BCUT2D eigenvalue weighted by atomic mass is 16.2. The van der Waals surface area contributed by atoms with Gasteiger partial charge in [-0.25, -0.2) is 0 Å². The lowest BCUT2D eigenvalue weighted by molar-refractivity contribution is -0.122. The quantitative estimate of drug-likeness (QED) is 0.882. The van der Waals surface area contributed by atoms with Gasteiger partial charge in [0.25, 0.3) is 0 Å². The predicted molar refractivity (Wildman–Crippen MR) is 105 cm³/mol. The van der Waals surface area contributed by atoms with Gasteiger partial charge in [0.2, 0.25) is 11.8 Å². The van der Waals surface area contributed by atoms with E-state index in [0.717, 1.165) is 40.9 Å². The molecule has 0 bridgehead atoms. The van der Waals surface area contributed by atoms with Gasteiger partial charge in [0, 0.05) is 24.3 Å². The molecule has 1 aliphatic heterocycles. The number of hydrogen-bond acceptors (Lipinski definition) is 2. The second-order valence-electron chi connectivity index (χ2n) is 6.89. The van der Waals surface area contributed by atoms with Crippen molar-refractivity contribution in [2.45, 2.75) is 40.0 Å². The summed E-state index contributed by atoms with van der Waals surface area (Å²) in [4.78, 5) is 27.0. The zero-order chi connectivity index (χ0) is 18.7. The van der Waals surface area contributed by atoms with Crippen LogP contribution in [-0.4, -0.2) is 18.4 Å². The van der Waals surface area contributed by atoms with Crippen LogP contribution in [0.15, 0.2) is 42.5 Å². The van der Waals surface area contributed by atoms with Gasteiger partial charge in [-0.2, -0.15) is 0 Å².